The lowest BCUT2D eigenvalue weighted by Gasteiger charge is -2.14. The van der Waals surface area contributed by atoms with Crippen LogP contribution in [0.2, 0.25) is 0 Å². The maximum absolute atomic E-state index is 11.7. The summed E-state index contributed by atoms with van der Waals surface area (Å²) in [4.78, 5) is 11.7. The number of anilines is 1. The number of halogens is 1. The van der Waals surface area contributed by atoms with Crippen molar-refractivity contribution < 1.29 is 14.3 Å². The maximum atomic E-state index is 11.7. The molecule has 1 aliphatic heterocycles. The van der Waals surface area contributed by atoms with E-state index in [9.17, 15) is 4.79 Å². The molecule has 0 bridgehead atoms. The van der Waals surface area contributed by atoms with Gasteiger partial charge in [-0.05, 0) is 26.8 Å². The number of ether oxygens (including phenoxy) is 2. The Bertz CT molecular complexity index is 492. The number of amides is 1. The van der Waals surface area contributed by atoms with Crippen LogP contribution in [-0.2, 0) is 11.2 Å². The molecule has 2 atom stereocenters. The van der Waals surface area contributed by atoms with Crippen LogP contribution in [0.5, 0.6) is 11.5 Å². The van der Waals surface area contributed by atoms with Crippen molar-refractivity contribution in [3.05, 3.63) is 17.7 Å². The fourth-order valence-corrected chi connectivity index (χ4v) is 2.06. The molecule has 1 aromatic carbocycles. The van der Waals surface area contributed by atoms with Crippen LogP contribution in [0.1, 0.15) is 26.3 Å². The standard InChI is InChI=1S/C14H20N2O3.ClH/c1-4-18-13-6-10-5-8(2)19-12(10)7-11(13)16-14(17)9(3)15;/h6-9H,4-5,15H2,1-3H3,(H,16,17);1H/t8?,9-;/m1./s1. The van der Waals surface area contributed by atoms with E-state index in [0.29, 0.717) is 18.0 Å². The third-order valence-corrected chi connectivity index (χ3v) is 2.97. The lowest BCUT2D eigenvalue weighted by Crippen LogP contribution is -2.32. The van der Waals surface area contributed by atoms with Crippen LogP contribution in [0.15, 0.2) is 12.1 Å². The SMILES string of the molecule is CCOc1cc2c(cc1NC(=O)[C@@H](C)N)OC(C)C2.Cl. The van der Waals surface area contributed by atoms with Crippen molar-refractivity contribution in [3.8, 4) is 11.5 Å². The summed E-state index contributed by atoms with van der Waals surface area (Å²) < 4.78 is 11.3. The molecule has 0 saturated heterocycles. The van der Waals surface area contributed by atoms with Gasteiger partial charge in [0.15, 0.2) is 0 Å². The minimum Gasteiger partial charge on any atom is -0.492 e. The first-order valence-corrected chi connectivity index (χ1v) is 6.54. The van der Waals surface area contributed by atoms with Gasteiger partial charge in [0.25, 0.3) is 0 Å². The monoisotopic (exact) mass is 300 g/mol. The van der Waals surface area contributed by atoms with E-state index in [2.05, 4.69) is 5.32 Å². The zero-order valence-corrected chi connectivity index (χ0v) is 12.8. The molecular formula is C14H21ClN2O3. The van der Waals surface area contributed by atoms with Crippen LogP contribution in [0.25, 0.3) is 0 Å². The Balaban J connectivity index is 0.00000200. The largest absolute Gasteiger partial charge is 0.492 e. The number of carbonyl (C=O) groups excluding carboxylic acids is 1. The van der Waals surface area contributed by atoms with Gasteiger partial charge in [-0.1, -0.05) is 0 Å². The van der Waals surface area contributed by atoms with Gasteiger partial charge in [0, 0.05) is 18.1 Å². The minimum absolute atomic E-state index is 0. The average Bonchev–Trinajstić information content (AvgIpc) is 2.68. The molecule has 5 nitrogen and oxygen atoms in total. The molecule has 1 amide bonds. The molecule has 20 heavy (non-hydrogen) atoms. The zero-order chi connectivity index (χ0) is 14.0. The minimum atomic E-state index is -0.567. The summed E-state index contributed by atoms with van der Waals surface area (Å²) in [5.74, 6) is 1.22. The Morgan fingerprint density at radius 3 is 2.90 bits per heavy atom. The Labute approximate surface area is 125 Å². The molecule has 112 valence electrons. The highest BCUT2D eigenvalue weighted by Gasteiger charge is 2.22. The van der Waals surface area contributed by atoms with E-state index in [1.54, 1.807) is 6.92 Å². The highest BCUT2D eigenvalue weighted by molar-refractivity contribution is 5.96. The van der Waals surface area contributed by atoms with Gasteiger partial charge in [-0.25, -0.2) is 0 Å². The third-order valence-electron chi connectivity index (χ3n) is 2.97. The molecular weight excluding hydrogens is 280 g/mol. The van der Waals surface area contributed by atoms with Gasteiger partial charge in [0.2, 0.25) is 5.91 Å². The molecule has 6 heteroatoms. The highest BCUT2D eigenvalue weighted by Crippen LogP contribution is 2.38. The first-order chi connectivity index (χ1) is 9.01. The van der Waals surface area contributed by atoms with E-state index in [-0.39, 0.29) is 24.4 Å². The number of rotatable bonds is 4. The third kappa shape index (κ3) is 3.55. The summed E-state index contributed by atoms with van der Waals surface area (Å²) >= 11 is 0. The Morgan fingerprint density at radius 2 is 2.30 bits per heavy atom. The van der Waals surface area contributed by atoms with Gasteiger partial charge in [0.05, 0.1) is 18.3 Å². The second-order valence-electron chi connectivity index (χ2n) is 4.80. The topological polar surface area (TPSA) is 73.6 Å². The van der Waals surface area contributed by atoms with E-state index in [4.69, 9.17) is 15.2 Å². The van der Waals surface area contributed by atoms with Crippen molar-refractivity contribution >= 4 is 24.0 Å². The van der Waals surface area contributed by atoms with E-state index in [1.807, 2.05) is 26.0 Å². The summed E-state index contributed by atoms with van der Waals surface area (Å²) in [7, 11) is 0. The number of nitrogens with one attached hydrogen (secondary N) is 1. The fourth-order valence-electron chi connectivity index (χ4n) is 2.06. The molecule has 1 heterocycles. The normalized spacial score (nSPS) is 17.5. The van der Waals surface area contributed by atoms with Gasteiger partial charge in [-0.3, -0.25) is 4.79 Å². The smallest absolute Gasteiger partial charge is 0.241 e. The molecule has 2 rings (SSSR count). The number of carbonyl (C=O) groups is 1. The Kier molecular flexibility index (Phi) is 5.65. The quantitative estimate of drug-likeness (QED) is 0.893. The first kappa shape index (κ1) is 16.6. The number of benzene rings is 1. The molecule has 0 radical (unpaired) electrons. The zero-order valence-electron chi connectivity index (χ0n) is 11.9. The van der Waals surface area contributed by atoms with Crippen LogP contribution >= 0.6 is 12.4 Å². The van der Waals surface area contributed by atoms with Gasteiger partial charge < -0.3 is 20.5 Å². The second kappa shape index (κ2) is 6.81. The lowest BCUT2D eigenvalue weighted by molar-refractivity contribution is -0.117. The molecule has 1 aromatic rings. The molecule has 1 aliphatic rings. The summed E-state index contributed by atoms with van der Waals surface area (Å²) in [5, 5.41) is 2.77. The summed E-state index contributed by atoms with van der Waals surface area (Å²) in [6.45, 7) is 6.10. The first-order valence-electron chi connectivity index (χ1n) is 6.54. The van der Waals surface area contributed by atoms with Crippen LogP contribution in [0, 0.1) is 0 Å². The van der Waals surface area contributed by atoms with E-state index < -0.39 is 6.04 Å². The number of hydrogen-bond acceptors (Lipinski definition) is 4. The summed E-state index contributed by atoms with van der Waals surface area (Å²) in [6.07, 6.45) is 1.01. The van der Waals surface area contributed by atoms with Crippen molar-refractivity contribution in [3.63, 3.8) is 0 Å². The number of hydrogen-bond donors (Lipinski definition) is 2. The second-order valence-corrected chi connectivity index (χ2v) is 4.80. The molecule has 0 aromatic heterocycles. The van der Waals surface area contributed by atoms with Crippen LogP contribution < -0.4 is 20.5 Å². The molecule has 0 spiro atoms. The molecule has 0 fully saturated rings. The van der Waals surface area contributed by atoms with E-state index >= 15 is 0 Å². The van der Waals surface area contributed by atoms with Crippen molar-refractivity contribution in [2.45, 2.75) is 39.3 Å². The predicted octanol–water partition coefficient (Wildman–Crippen LogP) is 2.12. The van der Waals surface area contributed by atoms with Gasteiger partial charge >= 0.3 is 0 Å². The predicted molar refractivity (Wildman–Crippen MR) is 80.9 cm³/mol. The average molecular weight is 301 g/mol. The summed E-state index contributed by atoms with van der Waals surface area (Å²) in [6, 6.07) is 3.17. The molecule has 0 aliphatic carbocycles. The Morgan fingerprint density at radius 1 is 1.60 bits per heavy atom. The molecule has 0 saturated carbocycles. The van der Waals surface area contributed by atoms with Crippen molar-refractivity contribution in [1.29, 1.82) is 0 Å². The molecule has 3 N–H and O–H groups in total. The van der Waals surface area contributed by atoms with Crippen LogP contribution in [0.4, 0.5) is 5.69 Å². The van der Waals surface area contributed by atoms with E-state index in [0.717, 1.165) is 17.7 Å². The number of fused-ring (bicyclic) bond motifs is 1. The molecule has 1 unspecified atom stereocenters. The highest BCUT2D eigenvalue weighted by atomic mass is 35.5. The summed E-state index contributed by atoms with van der Waals surface area (Å²) in [5.41, 5.74) is 7.27. The van der Waals surface area contributed by atoms with Crippen molar-refractivity contribution in [1.82, 2.24) is 0 Å². The van der Waals surface area contributed by atoms with Gasteiger partial charge in [-0.15, -0.1) is 12.4 Å². The number of nitrogens with two attached hydrogens (primary N) is 1. The van der Waals surface area contributed by atoms with Crippen LogP contribution in [-0.4, -0.2) is 24.7 Å². The van der Waals surface area contributed by atoms with Crippen LogP contribution in [0.3, 0.4) is 0 Å². The lowest BCUT2D eigenvalue weighted by atomic mass is 10.1. The van der Waals surface area contributed by atoms with Gasteiger partial charge in [0.1, 0.15) is 17.6 Å². The Hall–Kier alpha value is -1.46. The van der Waals surface area contributed by atoms with Crippen molar-refractivity contribution in [2.24, 2.45) is 5.73 Å². The fraction of sp³-hybridized carbons (Fsp3) is 0.500. The van der Waals surface area contributed by atoms with Gasteiger partial charge in [-0.2, -0.15) is 0 Å². The van der Waals surface area contributed by atoms with Crippen molar-refractivity contribution in [2.75, 3.05) is 11.9 Å². The van der Waals surface area contributed by atoms with E-state index in [1.165, 1.54) is 0 Å². The maximum Gasteiger partial charge on any atom is 0.241 e.